The van der Waals surface area contributed by atoms with Crippen molar-refractivity contribution >= 4 is 40.0 Å². The van der Waals surface area contributed by atoms with Crippen LogP contribution in [0.25, 0.3) is 32.7 Å². The molecule has 0 saturated heterocycles. The van der Waals surface area contributed by atoms with E-state index in [9.17, 15) is 0 Å². The van der Waals surface area contributed by atoms with E-state index in [0.29, 0.717) is 13.2 Å². The normalized spacial score (nSPS) is 13.0. The second-order valence-electron chi connectivity index (χ2n) is 7.63. The molecule has 2 atom stereocenters. The van der Waals surface area contributed by atoms with Crippen LogP contribution < -0.4 is 9.47 Å². The summed E-state index contributed by atoms with van der Waals surface area (Å²) in [6.45, 7) is 1.28. The standard InChI is InChI=1S/C27H24O2P2/c30-14-1-3-18-4-8-22-20(15-18)6-10-24-26(22)27-23-9-5-19(17-31)16-21(23)7-11-25(27)29-13-2-12-28-24/h4-11,15-16H,2,12-14,17,30-31H2. The van der Waals surface area contributed by atoms with E-state index in [0.717, 1.165) is 57.7 Å². The van der Waals surface area contributed by atoms with E-state index in [1.807, 2.05) is 0 Å². The van der Waals surface area contributed by atoms with Gasteiger partial charge >= 0.3 is 0 Å². The lowest BCUT2D eigenvalue weighted by Crippen LogP contribution is -2.03. The van der Waals surface area contributed by atoms with Crippen LogP contribution in [0.2, 0.25) is 0 Å². The summed E-state index contributed by atoms with van der Waals surface area (Å²) in [5, 5.41) is 4.71. The van der Waals surface area contributed by atoms with Gasteiger partial charge in [0.05, 0.1) is 13.2 Å². The Labute approximate surface area is 187 Å². The lowest BCUT2D eigenvalue weighted by molar-refractivity contribution is 0.252. The molecule has 1 aliphatic heterocycles. The molecule has 2 unspecified atom stereocenters. The third-order valence-electron chi connectivity index (χ3n) is 5.65. The Balaban J connectivity index is 1.84. The molecule has 0 fully saturated rings. The fraction of sp³-hybridized carbons (Fsp3) is 0.185. The quantitative estimate of drug-likeness (QED) is 0.250. The van der Waals surface area contributed by atoms with Gasteiger partial charge in [-0.1, -0.05) is 48.2 Å². The van der Waals surface area contributed by atoms with Crippen LogP contribution in [0.15, 0.2) is 60.7 Å². The largest absolute Gasteiger partial charge is 0.493 e. The van der Waals surface area contributed by atoms with Crippen molar-refractivity contribution in [1.82, 2.24) is 0 Å². The Morgan fingerprint density at radius 1 is 0.742 bits per heavy atom. The van der Waals surface area contributed by atoms with Crippen LogP contribution in [0.5, 0.6) is 11.5 Å². The number of rotatable bonds is 1. The molecule has 0 aliphatic carbocycles. The molecule has 2 nitrogen and oxygen atoms in total. The molecule has 1 heterocycles. The highest BCUT2D eigenvalue weighted by Gasteiger charge is 2.20. The highest BCUT2D eigenvalue weighted by Crippen LogP contribution is 2.46. The topological polar surface area (TPSA) is 18.5 Å². The monoisotopic (exact) mass is 442 g/mol. The predicted molar refractivity (Wildman–Crippen MR) is 137 cm³/mol. The first-order chi connectivity index (χ1) is 15.3. The van der Waals surface area contributed by atoms with E-state index >= 15 is 0 Å². The minimum atomic E-state index is 0.638. The average molecular weight is 442 g/mol. The van der Waals surface area contributed by atoms with Crippen molar-refractivity contribution in [1.29, 1.82) is 0 Å². The molecule has 5 rings (SSSR count). The number of fused-ring (bicyclic) bond motifs is 7. The Morgan fingerprint density at radius 3 is 2.03 bits per heavy atom. The van der Waals surface area contributed by atoms with Crippen LogP contribution >= 0.6 is 18.5 Å². The molecule has 0 amide bonds. The van der Waals surface area contributed by atoms with Gasteiger partial charge in [-0.25, -0.2) is 0 Å². The van der Waals surface area contributed by atoms with Gasteiger partial charge < -0.3 is 9.47 Å². The van der Waals surface area contributed by atoms with Crippen LogP contribution in [-0.4, -0.2) is 19.4 Å². The first-order valence-electron chi connectivity index (χ1n) is 10.6. The number of hydrogen-bond acceptors (Lipinski definition) is 2. The van der Waals surface area contributed by atoms with Gasteiger partial charge in [-0.3, -0.25) is 0 Å². The number of ether oxygens (including phenoxy) is 2. The zero-order chi connectivity index (χ0) is 21.2. The third kappa shape index (κ3) is 3.90. The van der Waals surface area contributed by atoms with E-state index in [1.54, 1.807) is 0 Å². The molecular formula is C27H24O2P2. The van der Waals surface area contributed by atoms with Crippen molar-refractivity contribution in [3.63, 3.8) is 0 Å². The summed E-state index contributed by atoms with van der Waals surface area (Å²) in [6, 6.07) is 21.6. The van der Waals surface area contributed by atoms with Gasteiger partial charge in [0.1, 0.15) is 11.5 Å². The molecule has 0 N–H and O–H groups in total. The van der Waals surface area contributed by atoms with E-state index in [2.05, 4.69) is 91.0 Å². The zero-order valence-corrected chi connectivity index (χ0v) is 19.6. The molecule has 0 radical (unpaired) electrons. The molecular weight excluding hydrogens is 418 g/mol. The van der Waals surface area contributed by atoms with Crippen molar-refractivity contribution in [2.24, 2.45) is 0 Å². The molecule has 31 heavy (non-hydrogen) atoms. The van der Waals surface area contributed by atoms with E-state index in [-0.39, 0.29) is 0 Å². The van der Waals surface area contributed by atoms with Gasteiger partial charge in [-0.05, 0) is 57.5 Å². The lowest BCUT2D eigenvalue weighted by atomic mass is 9.91. The van der Waals surface area contributed by atoms with Gasteiger partial charge in [-0.15, -0.1) is 18.5 Å². The summed E-state index contributed by atoms with van der Waals surface area (Å²) in [5.74, 6) is 8.19. The highest BCUT2D eigenvalue weighted by molar-refractivity contribution is 7.16. The predicted octanol–water partition coefficient (Wildman–Crippen LogP) is 6.42. The average Bonchev–Trinajstić information content (AvgIpc) is 2.90. The number of benzene rings is 4. The smallest absolute Gasteiger partial charge is 0.127 e. The van der Waals surface area contributed by atoms with Gasteiger partial charge in [0.15, 0.2) is 0 Å². The van der Waals surface area contributed by atoms with Crippen molar-refractivity contribution in [2.45, 2.75) is 12.6 Å². The van der Waals surface area contributed by atoms with Crippen LogP contribution in [-0.2, 0) is 6.16 Å². The molecule has 4 aromatic rings. The first kappa shape index (κ1) is 20.3. The van der Waals surface area contributed by atoms with Crippen LogP contribution in [0.4, 0.5) is 0 Å². The van der Waals surface area contributed by atoms with E-state index in [1.165, 1.54) is 16.3 Å². The Hall–Kier alpha value is -2.58. The summed E-state index contributed by atoms with van der Waals surface area (Å²) >= 11 is 0. The Bertz CT molecular complexity index is 1350. The summed E-state index contributed by atoms with van der Waals surface area (Å²) in [7, 11) is 5.46. The zero-order valence-electron chi connectivity index (χ0n) is 17.3. The summed E-state index contributed by atoms with van der Waals surface area (Å²) in [5.41, 5.74) is 4.54. The summed E-state index contributed by atoms with van der Waals surface area (Å²) in [6.07, 6.45) is 2.56. The minimum absolute atomic E-state index is 0.638. The molecule has 154 valence electrons. The van der Waals surface area contributed by atoms with Crippen molar-refractivity contribution in [2.75, 3.05) is 19.4 Å². The van der Waals surface area contributed by atoms with E-state index in [4.69, 9.17) is 9.47 Å². The minimum Gasteiger partial charge on any atom is -0.493 e. The van der Waals surface area contributed by atoms with Crippen molar-refractivity contribution in [3.05, 3.63) is 71.8 Å². The van der Waals surface area contributed by atoms with Gasteiger partial charge in [-0.2, -0.15) is 0 Å². The summed E-state index contributed by atoms with van der Waals surface area (Å²) < 4.78 is 12.5. The fourth-order valence-electron chi connectivity index (χ4n) is 4.21. The van der Waals surface area contributed by atoms with Crippen LogP contribution in [0, 0.1) is 11.8 Å². The molecule has 0 aromatic heterocycles. The fourth-order valence-corrected chi connectivity index (χ4v) is 4.56. The maximum atomic E-state index is 6.25. The maximum Gasteiger partial charge on any atom is 0.127 e. The maximum absolute atomic E-state index is 6.25. The van der Waals surface area contributed by atoms with Crippen LogP contribution in [0.3, 0.4) is 0 Å². The second kappa shape index (κ2) is 8.88. The molecule has 1 aliphatic rings. The van der Waals surface area contributed by atoms with E-state index < -0.39 is 0 Å². The van der Waals surface area contributed by atoms with Gasteiger partial charge in [0.2, 0.25) is 0 Å². The Kier molecular flexibility index (Phi) is 5.82. The van der Waals surface area contributed by atoms with Crippen molar-refractivity contribution < 1.29 is 9.47 Å². The van der Waals surface area contributed by atoms with Gasteiger partial charge in [0, 0.05) is 29.3 Å². The lowest BCUT2D eigenvalue weighted by Gasteiger charge is -2.18. The SMILES string of the molecule is PCC#Cc1ccc2c3c(ccc2c1)OCCCOc1ccc2cc(CP)ccc2c1-3. The highest BCUT2D eigenvalue weighted by atomic mass is 31.0. The molecule has 4 aromatic carbocycles. The third-order valence-corrected chi connectivity index (χ3v) is 6.33. The van der Waals surface area contributed by atoms with Crippen LogP contribution in [0.1, 0.15) is 17.5 Å². The second-order valence-corrected chi connectivity index (χ2v) is 8.45. The van der Waals surface area contributed by atoms with Gasteiger partial charge in [0.25, 0.3) is 0 Å². The van der Waals surface area contributed by atoms with Crippen molar-refractivity contribution in [3.8, 4) is 34.5 Å². The molecule has 0 bridgehead atoms. The molecule has 4 heteroatoms. The molecule has 0 saturated carbocycles. The first-order valence-corrected chi connectivity index (χ1v) is 12.2. The Morgan fingerprint density at radius 2 is 1.39 bits per heavy atom. The summed E-state index contributed by atoms with van der Waals surface area (Å²) in [4.78, 5) is 0. The number of hydrogen-bond donors (Lipinski definition) is 0. The molecule has 0 spiro atoms.